The van der Waals surface area contributed by atoms with Gasteiger partial charge in [-0.1, -0.05) is 39.5 Å². The number of carbonyl (C=O) groups is 2. The molecule has 0 aromatic carbocycles. The van der Waals surface area contributed by atoms with Crippen molar-refractivity contribution in [3.8, 4) is 0 Å². The van der Waals surface area contributed by atoms with Crippen LogP contribution in [0.15, 0.2) is 0 Å². The fourth-order valence-electron chi connectivity index (χ4n) is 3.57. The van der Waals surface area contributed by atoms with Crippen molar-refractivity contribution >= 4 is 24.3 Å². The molecule has 0 spiro atoms. The first-order chi connectivity index (χ1) is 11.4. The lowest BCUT2D eigenvalue weighted by molar-refractivity contribution is -0.174. The molecule has 6 nitrogen and oxygen atoms in total. The summed E-state index contributed by atoms with van der Waals surface area (Å²) in [6.07, 6.45) is 4.82. The normalized spacial score (nSPS) is 31.5. The second-order valence-corrected chi connectivity index (χ2v) is 7.49. The Hall–Kier alpha value is -0.850. The fraction of sp³-hybridized carbons (Fsp3) is 0.889. The van der Waals surface area contributed by atoms with Crippen molar-refractivity contribution in [1.29, 1.82) is 0 Å². The molecule has 2 fully saturated rings. The first-order valence-electron chi connectivity index (χ1n) is 9.12. The lowest BCUT2D eigenvalue weighted by atomic mass is 9.87. The van der Waals surface area contributed by atoms with Crippen LogP contribution in [0.4, 0.5) is 0 Å². The van der Waals surface area contributed by atoms with Crippen LogP contribution in [0.1, 0.15) is 52.9 Å². The Balaban J connectivity index is 0.00000312. The second kappa shape index (κ2) is 10.3. The van der Waals surface area contributed by atoms with Crippen molar-refractivity contribution in [2.24, 2.45) is 23.5 Å². The molecule has 0 unspecified atom stereocenters. The van der Waals surface area contributed by atoms with Gasteiger partial charge in [-0.2, -0.15) is 0 Å². The van der Waals surface area contributed by atoms with Crippen molar-refractivity contribution in [1.82, 2.24) is 0 Å². The van der Waals surface area contributed by atoms with E-state index in [0.717, 1.165) is 6.42 Å². The highest BCUT2D eigenvalue weighted by molar-refractivity contribution is 5.85. The van der Waals surface area contributed by atoms with Gasteiger partial charge in [0.1, 0.15) is 18.2 Å². The quantitative estimate of drug-likeness (QED) is 0.757. The monoisotopic (exact) mass is 377 g/mol. The van der Waals surface area contributed by atoms with Gasteiger partial charge >= 0.3 is 11.9 Å². The van der Waals surface area contributed by atoms with Crippen LogP contribution in [0, 0.1) is 17.8 Å². The summed E-state index contributed by atoms with van der Waals surface area (Å²) in [6.45, 7) is 5.94. The third kappa shape index (κ3) is 6.42. The van der Waals surface area contributed by atoms with Crippen LogP contribution in [-0.4, -0.2) is 43.4 Å². The maximum atomic E-state index is 12.1. The molecule has 0 amide bonds. The molecule has 7 heteroatoms. The molecule has 1 aliphatic carbocycles. The molecule has 146 valence electrons. The van der Waals surface area contributed by atoms with Gasteiger partial charge in [-0.05, 0) is 19.3 Å². The summed E-state index contributed by atoms with van der Waals surface area (Å²) < 4.78 is 16.8. The second-order valence-electron chi connectivity index (χ2n) is 7.49. The predicted octanol–water partition coefficient (Wildman–Crippen LogP) is 2.46. The number of hydrogen-bond acceptors (Lipinski definition) is 6. The summed E-state index contributed by atoms with van der Waals surface area (Å²) in [4.78, 5) is 24.1. The van der Waals surface area contributed by atoms with Crippen molar-refractivity contribution < 1.29 is 23.8 Å². The number of carbonyl (C=O) groups excluding carboxylic acids is 2. The molecular formula is C18H32ClNO5. The summed E-state index contributed by atoms with van der Waals surface area (Å²) >= 11 is 0. The zero-order chi connectivity index (χ0) is 17.7. The largest absolute Gasteiger partial charge is 0.458 e. The van der Waals surface area contributed by atoms with Crippen LogP contribution >= 0.6 is 12.4 Å². The highest BCUT2D eigenvalue weighted by Crippen LogP contribution is 2.33. The minimum Gasteiger partial charge on any atom is -0.458 e. The number of halogens is 1. The van der Waals surface area contributed by atoms with E-state index < -0.39 is 24.2 Å². The smallest absolute Gasteiger partial charge is 0.325 e. The van der Waals surface area contributed by atoms with Gasteiger partial charge < -0.3 is 19.9 Å². The molecule has 2 aliphatic rings. The van der Waals surface area contributed by atoms with E-state index in [4.69, 9.17) is 19.9 Å². The number of esters is 2. The maximum Gasteiger partial charge on any atom is 0.325 e. The van der Waals surface area contributed by atoms with Crippen molar-refractivity contribution in [3.63, 3.8) is 0 Å². The molecule has 0 bridgehead atoms. The van der Waals surface area contributed by atoms with E-state index in [2.05, 4.69) is 0 Å². The fourth-order valence-corrected chi connectivity index (χ4v) is 3.57. The molecule has 1 saturated carbocycles. The SMILES string of the molecule is CC(C)C(=O)O[C@@H]1[C@@H](CC2CCCC2)COC[C@H](N)C(=O)O[C@H]1C.Cl. The lowest BCUT2D eigenvalue weighted by Crippen LogP contribution is -2.43. The van der Waals surface area contributed by atoms with Gasteiger partial charge in [0.05, 0.1) is 19.1 Å². The van der Waals surface area contributed by atoms with E-state index in [1.807, 2.05) is 0 Å². The Kier molecular flexibility index (Phi) is 9.17. The minimum absolute atomic E-state index is 0. The molecule has 1 saturated heterocycles. The number of cyclic esters (lactones) is 1. The van der Waals surface area contributed by atoms with Crippen LogP contribution in [0.25, 0.3) is 0 Å². The Labute approximate surface area is 156 Å². The molecule has 25 heavy (non-hydrogen) atoms. The molecule has 0 aromatic heterocycles. The van der Waals surface area contributed by atoms with Crippen molar-refractivity contribution in [2.75, 3.05) is 13.2 Å². The van der Waals surface area contributed by atoms with Gasteiger partial charge in [-0.3, -0.25) is 9.59 Å². The third-order valence-electron chi connectivity index (χ3n) is 5.00. The first-order valence-corrected chi connectivity index (χ1v) is 9.12. The summed E-state index contributed by atoms with van der Waals surface area (Å²) in [5.41, 5.74) is 5.78. The van der Waals surface area contributed by atoms with Gasteiger partial charge in [-0.25, -0.2) is 0 Å². The molecule has 0 radical (unpaired) electrons. The van der Waals surface area contributed by atoms with Crippen molar-refractivity contribution in [3.05, 3.63) is 0 Å². The van der Waals surface area contributed by atoms with Crippen LogP contribution in [0.5, 0.6) is 0 Å². The van der Waals surface area contributed by atoms with E-state index >= 15 is 0 Å². The Morgan fingerprint density at radius 1 is 1.28 bits per heavy atom. The maximum absolute atomic E-state index is 12.1. The minimum atomic E-state index is -0.792. The Morgan fingerprint density at radius 3 is 2.52 bits per heavy atom. The summed E-state index contributed by atoms with van der Waals surface area (Å²) in [6, 6.07) is -0.792. The van der Waals surface area contributed by atoms with Crippen LogP contribution in [-0.2, 0) is 23.8 Å². The number of ether oxygens (including phenoxy) is 3. The highest BCUT2D eigenvalue weighted by Gasteiger charge is 2.37. The van der Waals surface area contributed by atoms with Crippen LogP contribution in [0.2, 0.25) is 0 Å². The lowest BCUT2D eigenvalue weighted by Gasteiger charge is -2.32. The summed E-state index contributed by atoms with van der Waals surface area (Å²) in [7, 11) is 0. The van der Waals surface area contributed by atoms with Gasteiger partial charge in [-0.15, -0.1) is 12.4 Å². The predicted molar refractivity (Wildman–Crippen MR) is 96.4 cm³/mol. The number of hydrogen-bond donors (Lipinski definition) is 1. The van der Waals surface area contributed by atoms with E-state index in [-0.39, 0.29) is 36.8 Å². The van der Waals surface area contributed by atoms with E-state index in [0.29, 0.717) is 12.5 Å². The Morgan fingerprint density at radius 2 is 1.92 bits per heavy atom. The molecule has 2 N–H and O–H groups in total. The van der Waals surface area contributed by atoms with E-state index in [1.165, 1.54) is 25.7 Å². The van der Waals surface area contributed by atoms with Crippen LogP contribution < -0.4 is 5.73 Å². The van der Waals surface area contributed by atoms with E-state index in [9.17, 15) is 9.59 Å². The van der Waals surface area contributed by atoms with Gasteiger partial charge in [0.15, 0.2) is 0 Å². The zero-order valence-electron chi connectivity index (χ0n) is 15.4. The summed E-state index contributed by atoms with van der Waals surface area (Å²) in [5, 5.41) is 0. The summed E-state index contributed by atoms with van der Waals surface area (Å²) in [5.74, 6) is -0.367. The third-order valence-corrected chi connectivity index (χ3v) is 5.00. The van der Waals surface area contributed by atoms with Crippen molar-refractivity contribution in [2.45, 2.75) is 71.1 Å². The van der Waals surface area contributed by atoms with Crippen LogP contribution in [0.3, 0.4) is 0 Å². The first kappa shape index (κ1) is 22.2. The topological polar surface area (TPSA) is 87.9 Å². The van der Waals surface area contributed by atoms with Gasteiger partial charge in [0, 0.05) is 5.92 Å². The average molecular weight is 378 g/mol. The number of rotatable bonds is 4. The van der Waals surface area contributed by atoms with E-state index in [1.54, 1.807) is 20.8 Å². The Bertz CT molecular complexity index is 439. The molecule has 2 rings (SSSR count). The molecule has 1 aliphatic heterocycles. The molecule has 0 aromatic rings. The van der Waals surface area contributed by atoms with Gasteiger partial charge in [0.25, 0.3) is 0 Å². The molecule has 4 atom stereocenters. The average Bonchev–Trinajstić information content (AvgIpc) is 3.03. The number of nitrogens with two attached hydrogens (primary N) is 1. The molecular weight excluding hydrogens is 346 g/mol. The standard InChI is InChI=1S/C18H31NO5.ClH/c1-11(2)17(20)24-16-12(3)23-18(21)15(19)10-22-9-14(16)8-13-6-4-5-7-13;/h11-16H,4-10,19H2,1-3H3;1H/t12-,14-,15-,16-;/m0./s1. The highest BCUT2D eigenvalue weighted by atomic mass is 35.5. The molecule has 1 heterocycles. The van der Waals surface area contributed by atoms with Gasteiger partial charge in [0.2, 0.25) is 0 Å². The zero-order valence-corrected chi connectivity index (χ0v) is 16.3.